The van der Waals surface area contributed by atoms with Crippen molar-refractivity contribution in [1.82, 2.24) is 21.3 Å². The Morgan fingerprint density at radius 1 is 0.512 bits per heavy atom. The maximum atomic E-state index is 12.8. The predicted octanol–water partition coefficient (Wildman–Crippen LogP) is 0.250. The number of thioether (sulfide) groups is 2. The van der Waals surface area contributed by atoms with E-state index >= 15 is 0 Å². The molecule has 0 bridgehead atoms. The first kappa shape index (κ1) is 67.0. The zero-order valence-electron chi connectivity index (χ0n) is 42.8. The molecule has 0 aliphatic heterocycles. The fourth-order valence-electron chi connectivity index (χ4n) is 6.34. The van der Waals surface area contributed by atoms with Gasteiger partial charge >= 0.3 is 47.8 Å². The number of carbonyl (C=O) groups excluding carboxylic acids is 8. The molecule has 3 aromatic rings. The summed E-state index contributed by atoms with van der Waals surface area (Å²) in [5.74, 6) is -13.6. The minimum atomic E-state index is -1.44. The van der Waals surface area contributed by atoms with Crippen LogP contribution in [0.5, 0.6) is 0 Å². The van der Waals surface area contributed by atoms with Crippen LogP contribution in [0.25, 0.3) is 0 Å². The molecule has 0 heterocycles. The maximum absolute atomic E-state index is 12.8. The summed E-state index contributed by atoms with van der Waals surface area (Å²) in [5, 5.41) is 68.5. The van der Waals surface area contributed by atoms with Gasteiger partial charge in [0.15, 0.2) is 0 Å². The standard InChI is InChI=1S/C48H54N8O24S2/c49-29(43(65)66)8-12-37(57)53-31(41(63)51-21-39(59)60)23-81-35-10-6-27(19-33(35)55(73)74)47(71)79-16-2-14-77-45(69)25-4-1-5-26(18-25)46(70)78-15-3-17-80-48(72)28-7-11-36(34(20-28)56(75)76)82-24-32(42(64)52-22-40(61)62)54-38(58)13-9-30(50)44(67)68/h1,4-7,10-11,18-20,29-32H,2-3,8-9,12-17,21-24,49-50H2,(H,51,63)(H,52,64)(H,53,57)(H,54,58)(H,59,60)(H,61,62)(H,65,66)(H,67,68)/t29-,30-,31-,32-/m0/s1. The Kier molecular flexibility index (Phi) is 27.8. The van der Waals surface area contributed by atoms with Gasteiger partial charge in [0.2, 0.25) is 23.6 Å². The first-order valence-electron chi connectivity index (χ1n) is 23.9. The van der Waals surface area contributed by atoms with Gasteiger partial charge in [-0.25, -0.2) is 19.2 Å². The molecule has 3 rings (SSSR count). The molecule has 0 aliphatic rings. The number of rotatable bonds is 36. The fraction of sp³-hybridized carbons (Fsp3) is 0.375. The van der Waals surface area contributed by atoms with Gasteiger partial charge in [-0.05, 0) is 55.3 Å². The second-order valence-corrected chi connectivity index (χ2v) is 18.9. The Balaban J connectivity index is 1.48. The van der Waals surface area contributed by atoms with Crippen LogP contribution in [-0.2, 0) is 57.3 Å². The molecule has 0 radical (unpaired) electrons. The number of nitro benzene ring substituents is 2. The SMILES string of the molecule is N[C@@H](CCC(=O)N[C@@H](CSc1ccc(C(=O)OCCCOC(=O)c2cccc(C(=O)OCCCOC(=O)c3ccc(SC[C@H](NC(=O)CC[C@H](N)C(=O)O)C(=O)NCC(=O)O)c([N+](=O)[O-])c3)c2)cc1[N+](=O)[O-])C(=O)NCC(=O)O)C(=O)O. The first-order chi connectivity index (χ1) is 38.8. The van der Waals surface area contributed by atoms with Gasteiger partial charge in [-0.3, -0.25) is 58.6 Å². The molecule has 82 heavy (non-hydrogen) atoms. The summed E-state index contributed by atoms with van der Waals surface area (Å²) in [4.78, 5) is 168. The van der Waals surface area contributed by atoms with Gasteiger partial charge in [0.1, 0.15) is 37.3 Å². The topological polar surface area (TPSA) is 509 Å². The van der Waals surface area contributed by atoms with Crippen LogP contribution < -0.4 is 32.7 Å². The summed E-state index contributed by atoms with van der Waals surface area (Å²) in [7, 11) is 0. The lowest BCUT2D eigenvalue weighted by molar-refractivity contribution is -0.387. The van der Waals surface area contributed by atoms with E-state index in [1.807, 2.05) is 0 Å². The Hall–Kier alpha value is -9.28. The van der Waals surface area contributed by atoms with Crippen molar-refractivity contribution in [1.29, 1.82) is 0 Å². The van der Waals surface area contributed by atoms with E-state index in [9.17, 15) is 77.8 Å². The smallest absolute Gasteiger partial charge is 0.338 e. The number of aliphatic carboxylic acids is 4. The van der Waals surface area contributed by atoms with Crippen LogP contribution in [0.3, 0.4) is 0 Å². The summed E-state index contributed by atoms with van der Waals surface area (Å²) in [6, 6.07) is 6.07. The minimum Gasteiger partial charge on any atom is -0.480 e. The van der Waals surface area contributed by atoms with E-state index < -0.39 is 143 Å². The highest BCUT2D eigenvalue weighted by atomic mass is 32.2. The van der Waals surface area contributed by atoms with Crippen LogP contribution >= 0.6 is 23.5 Å². The van der Waals surface area contributed by atoms with Gasteiger partial charge in [0.25, 0.3) is 11.4 Å². The average molecular weight is 1190 g/mol. The summed E-state index contributed by atoms with van der Waals surface area (Å²) < 4.78 is 20.7. The largest absolute Gasteiger partial charge is 0.480 e. The molecule has 0 unspecified atom stereocenters. The van der Waals surface area contributed by atoms with E-state index in [-0.39, 0.29) is 95.7 Å². The molecule has 0 aliphatic carbocycles. The number of benzene rings is 3. The number of nitrogens with one attached hydrogen (secondary N) is 4. The van der Waals surface area contributed by atoms with E-state index in [0.29, 0.717) is 23.5 Å². The number of ether oxygens (including phenoxy) is 4. The Morgan fingerprint density at radius 3 is 1.15 bits per heavy atom. The van der Waals surface area contributed by atoms with Crippen molar-refractivity contribution < 1.29 is 107 Å². The van der Waals surface area contributed by atoms with Crippen molar-refractivity contribution in [3.8, 4) is 0 Å². The van der Waals surface area contributed by atoms with Crippen LogP contribution in [0.2, 0.25) is 0 Å². The number of amides is 4. The van der Waals surface area contributed by atoms with E-state index in [2.05, 4.69) is 21.3 Å². The van der Waals surface area contributed by atoms with Crippen molar-refractivity contribution >= 4 is 106 Å². The Morgan fingerprint density at radius 2 is 0.841 bits per heavy atom. The highest BCUT2D eigenvalue weighted by molar-refractivity contribution is 7.99. The van der Waals surface area contributed by atoms with Gasteiger partial charge in [-0.15, -0.1) is 23.5 Å². The number of nitrogens with zero attached hydrogens (tertiary/aromatic N) is 2. The van der Waals surface area contributed by atoms with E-state index in [1.165, 1.54) is 48.5 Å². The third-order valence-electron chi connectivity index (χ3n) is 10.6. The van der Waals surface area contributed by atoms with E-state index in [1.54, 1.807) is 0 Å². The zero-order chi connectivity index (χ0) is 61.1. The third kappa shape index (κ3) is 23.6. The van der Waals surface area contributed by atoms with Crippen LogP contribution in [0.4, 0.5) is 11.4 Å². The number of hydrogen-bond donors (Lipinski definition) is 10. The molecule has 4 amide bonds. The summed E-state index contributed by atoms with van der Waals surface area (Å²) >= 11 is 1.41. The highest BCUT2D eigenvalue weighted by Gasteiger charge is 2.28. The minimum absolute atomic E-state index is 0.0411. The van der Waals surface area contributed by atoms with Crippen LogP contribution in [0.1, 0.15) is 80.0 Å². The first-order valence-corrected chi connectivity index (χ1v) is 25.9. The van der Waals surface area contributed by atoms with Gasteiger partial charge in [0.05, 0.1) is 68.3 Å². The molecule has 0 saturated heterocycles. The molecule has 3 aromatic carbocycles. The number of esters is 4. The molecule has 0 saturated carbocycles. The van der Waals surface area contributed by atoms with Crippen LogP contribution in [-0.4, -0.2) is 177 Å². The molecule has 442 valence electrons. The number of carboxylic acids is 4. The monoisotopic (exact) mass is 1190 g/mol. The van der Waals surface area contributed by atoms with Crippen LogP contribution in [0.15, 0.2) is 70.5 Å². The average Bonchev–Trinajstić information content (AvgIpc) is 3.59. The molecule has 0 aromatic heterocycles. The number of carbonyl (C=O) groups is 12. The summed E-state index contributed by atoms with van der Waals surface area (Å²) in [6.07, 6.45) is -1.51. The normalized spacial score (nSPS) is 12.1. The van der Waals surface area contributed by atoms with Crippen molar-refractivity contribution in [2.75, 3.05) is 51.0 Å². The quantitative estimate of drug-likeness (QED) is 0.00931. The number of nitro groups is 2. The molecule has 12 N–H and O–H groups in total. The number of hydrogen-bond acceptors (Lipinski definition) is 24. The second-order valence-electron chi connectivity index (χ2n) is 16.8. The third-order valence-corrected chi connectivity index (χ3v) is 12.9. The fourth-order valence-corrected chi connectivity index (χ4v) is 8.39. The van der Waals surface area contributed by atoms with Gasteiger partial charge in [0, 0.05) is 49.3 Å². The molecule has 0 spiro atoms. The molecular formula is C48H54N8O24S2. The van der Waals surface area contributed by atoms with Gasteiger partial charge in [-0.1, -0.05) is 6.07 Å². The highest BCUT2D eigenvalue weighted by Crippen LogP contribution is 2.32. The van der Waals surface area contributed by atoms with Crippen molar-refractivity contribution in [3.63, 3.8) is 0 Å². The van der Waals surface area contributed by atoms with E-state index in [4.69, 9.17) is 50.8 Å². The molecule has 34 heteroatoms. The lowest BCUT2D eigenvalue weighted by Crippen LogP contribution is -2.49. The predicted molar refractivity (Wildman–Crippen MR) is 279 cm³/mol. The van der Waals surface area contributed by atoms with Crippen LogP contribution in [0, 0.1) is 20.2 Å². The Bertz CT molecular complexity index is 2720. The number of nitrogens with two attached hydrogens (primary N) is 2. The lowest BCUT2D eigenvalue weighted by Gasteiger charge is -2.18. The number of carboxylic acid groups (broad SMARTS) is 4. The molecule has 4 atom stereocenters. The second kappa shape index (κ2) is 34.0. The van der Waals surface area contributed by atoms with E-state index in [0.717, 1.165) is 12.1 Å². The van der Waals surface area contributed by atoms with Crippen molar-refractivity contribution in [2.24, 2.45) is 11.5 Å². The van der Waals surface area contributed by atoms with Gasteiger partial charge in [-0.2, -0.15) is 0 Å². The Labute approximate surface area is 470 Å². The lowest BCUT2D eigenvalue weighted by atomic mass is 10.1. The zero-order valence-corrected chi connectivity index (χ0v) is 44.4. The van der Waals surface area contributed by atoms with Crippen molar-refractivity contribution in [2.45, 2.75) is 72.5 Å². The summed E-state index contributed by atoms with van der Waals surface area (Å²) in [6.45, 7) is -2.86. The molecular weight excluding hydrogens is 1140 g/mol. The molecule has 32 nitrogen and oxygen atoms in total. The molecule has 0 fully saturated rings. The maximum Gasteiger partial charge on any atom is 0.338 e. The van der Waals surface area contributed by atoms with Gasteiger partial charge < -0.3 is 72.1 Å². The summed E-state index contributed by atoms with van der Waals surface area (Å²) in [5.41, 5.74) is 8.98. The van der Waals surface area contributed by atoms with Crippen molar-refractivity contribution in [3.05, 3.63) is 103 Å².